The summed E-state index contributed by atoms with van der Waals surface area (Å²) < 4.78 is 0. The Hall–Kier alpha value is -1.75. The maximum absolute atomic E-state index is 12.7. The van der Waals surface area contributed by atoms with Gasteiger partial charge in [-0.05, 0) is 31.9 Å². The molecule has 1 amide bonds. The fourth-order valence-electron chi connectivity index (χ4n) is 2.81. The highest BCUT2D eigenvalue weighted by atomic mass is 16.3. The largest absolute Gasteiger partial charge is 0.390 e. The minimum absolute atomic E-state index is 0.0496. The van der Waals surface area contributed by atoms with E-state index >= 15 is 0 Å². The highest BCUT2D eigenvalue weighted by Crippen LogP contribution is 2.30. The maximum atomic E-state index is 12.7. The second-order valence-corrected chi connectivity index (χ2v) is 5.87. The van der Waals surface area contributed by atoms with Gasteiger partial charge < -0.3 is 20.6 Å². The van der Waals surface area contributed by atoms with Gasteiger partial charge in [-0.1, -0.05) is 6.07 Å². The monoisotopic (exact) mass is 275 g/mol. The number of nitrogens with zero attached hydrogens (tertiary/aromatic N) is 1. The first-order chi connectivity index (χ1) is 9.57. The van der Waals surface area contributed by atoms with Crippen molar-refractivity contribution in [3.63, 3.8) is 0 Å². The van der Waals surface area contributed by atoms with Gasteiger partial charge in [0.2, 0.25) is 0 Å². The number of hydrogen-bond acceptors (Lipinski definition) is 4. The average molecular weight is 275 g/mol. The van der Waals surface area contributed by atoms with Crippen LogP contribution < -0.4 is 10.6 Å². The summed E-state index contributed by atoms with van der Waals surface area (Å²) in [5.41, 5.74) is 1.98. The van der Waals surface area contributed by atoms with E-state index in [0.29, 0.717) is 25.9 Å². The molecule has 0 aromatic heterocycles. The number of aliphatic hydroxyl groups is 1. The number of fused-ring (bicyclic) bond motifs is 1. The standard InChI is InChI=1S/C15H21N3O2/c1-15(20)5-9-18(10-6-15)14(19)11-3-2-4-12-13(11)17-8-7-16-12/h2-4,16-17,20H,5-10H2,1H3. The molecule has 0 unspecified atom stereocenters. The molecule has 1 fully saturated rings. The van der Waals surface area contributed by atoms with E-state index in [2.05, 4.69) is 10.6 Å². The molecule has 5 nitrogen and oxygen atoms in total. The Morgan fingerprint density at radius 1 is 1.25 bits per heavy atom. The number of benzene rings is 1. The number of carbonyl (C=O) groups excluding carboxylic acids is 1. The minimum atomic E-state index is -0.632. The second kappa shape index (κ2) is 4.98. The topological polar surface area (TPSA) is 64.6 Å². The van der Waals surface area contributed by atoms with Gasteiger partial charge in [0.05, 0.1) is 22.5 Å². The van der Waals surface area contributed by atoms with Crippen LogP contribution >= 0.6 is 0 Å². The molecule has 1 aromatic rings. The van der Waals surface area contributed by atoms with E-state index in [4.69, 9.17) is 0 Å². The molecule has 0 bridgehead atoms. The number of anilines is 2. The third-order valence-corrected chi connectivity index (χ3v) is 4.16. The third-order valence-electron chi connectivity index (χ3n) is 4.16. The Labute approximate surface area is 119 Å². The molecule has 0 aliphatic carbocycles. The first-order valence-electron chi connectivity index (χ1n) is 7.19. The van der Waals surface area contributed by atoms with E-state index in [1.54, 1.807) is 0 Å². The fourth-order valence-corrected chi connectivity index (χ4v) is 2.81. The quantitative estimate of drug-likeness (QED) is 0.727. The van der Waals surface area contributed by atoms with Crippen LogP contribution in [0.3, 0.4) is 0 Å². The van der Waals surface area contributed by atoms with E-state index in [1.807, 2.05) is 30.0 Å². The molecule has 3 N–H and O–H groups in total. The summed E-state index contributed by atoms with van der Waals surface area (Å²) in [7, 11) is 0. The van der Waals surface area contributed by atoms with Crippen LogP contribution in [-0.2, 0) is 0 Å². The molecule has 1 aromatic carbocycles. The normalized spacial score (nSPS) is 20.6. The van der Waals surface area contributed by atoms with Gasteiger partial charge in [0.25, 0.3) is 5.91 Å². The number of para-hydroxylation sites is 1. The Kier molecular flexibility index (Phi) is 3.30. The zero-order valence-corrected chi connectivity index (χ0v) is 11.8. The van der Waals surface area contributed by atoms with E-state index in [0.717, 1.165) is 30.0 Å². The van der Waals surface area contributed by atoms with Gasteiger partial charge in [0.1, 0.15) is 0 Å². The molecule has 0 atom stereocenters. The number of amides is 1. The van der Waals surface area contributed by atoms with Crippen LogP contribution in [0.5, 0.6) is 0 Å². The molecule has 2 heterocycles. The van der Waals surface area contributed by atoms with E-state index in [9.17, 15) is 9.90 Å². The molecule has 1 saturated heterocycles. The molecule has 20 heavy (non-hydrogen) atoms. The van der Waals surface area contributed by atoms with Crippen molar-refractivity contribution in [1.29, 1.82) is 0 Å². The molecular formula is C15H21N3O2. The summed E-state index contributed by atoms with van der Waals surface area (Å²) in [5, 5.41) is 16.6. The maximum Gasteiger partial charge on any atom is 0.256 e. The molecular weight excluding hydrogens is 254 g/mol. The third kappa shape index (κ3) is 2.45. The summed E-state index contributed by atoms with van der Waals surface area (Å²) in [4.78, 5) is 14.5. The number of carbonyl (C=O) groups is 1. The smallest absolute Gasteiger partial charge is 0.256 e. The summed E-state index contributed by atoms with van der Waals surface area (Å²) in [6, 6.07) is 5.76. The van der Waals surface area contributed by atoms with Gasteiger partial charge in [-0.3, -0.25) is 4.79 Å². The Balaban J connectivity index is 1.81. The van der Waals surface area contributed by atoms with Crippen LogP contribution in [0.1, 0.15) is 30.1 Å². The van der Waals surface area contributed by atoms with Crippen LogP contribution in [0.4, 0.5) is 11.4 Å². The molecule has 5 heteroatoms. The van der Waals surface area contributed by atoms with Crippen molar-refractivity contribution in [3.8, 4) is 0 Å². The molecule has 0 saturated carbocycles. The van der Waals surface area contributed by atoms with Crippen molar-refractivity contribution in [3.05, 3.63) is 23.8 Å². The Morgan fingerprint density at radius 2 is 1.95 bits per heavy atom. The van der Waals surface area contributed by atoms with Crippen LogP contribution in [0, 0.1) is 0 Å². The number of likely N-dealkylation sites (tertiary alicyclic amines) is 1. The van der Waals surface area contributed by atoms with Gasteiger partial charge in [0.15, 0.2) is 0 Å². The highest BCUT2D eigenvalue weighted by Gasteiger charge is 2.31. The average Bonchev–Trinajstić information content (AvgIpc) is 2.46. The van der Waals surface area contributed by atoms with Crippen molar-refractivity contribution in [2.45, 2.75) is 25.4 Å². The lowest BCUT2D eigenvalue weighted by Crippen LogP contribution is -2.45. The number of nitrogens with one attached hydrogen (secondary N) is 2. The summed E-state index contributed by atoms with van der Waals surface area (Å²) >= 11 is 0. The summed E-state index contributed by atoms with van der Waals surface area (Å²) in [6.45, 7) is 4.76. The van der Waals surface area contributed by atoms with Crippen LogP contribution in [0.2, 0.25) is 0 Å². The Bertz CT molecular complexity index is 518. The van der Waals surface area contributed by atoms with E-state index in [1.165, 1.54) is 0 Å². The summed E-state index contributed by atoms with van der Waals surface area (Å²) in [6.07, 6.45) is 1.28. The van der Waals surface area contributed by atoms with Crippen LogP contribution in [-0.4, -0.2) is 47.7 Å². The molecule has 0 radical (unpaired) electrons. The fraction of sp³-hybridized carbons (Fsp3) is 0.533. The predicted octanol–water partition coefficient (Wildman–Crippen LogP) is 1.51. The Morgan fingerprint density at radius 3 is 2.70 bits per heavy atom. The first kappa shape index (κ1) is 13.2. The zero-order chi connectivity index (χ0) is 14.2. The van der Waals surface area contributed by atoms with Crippen molar-refractivity contribution in [1.82, 2.24) is 4.90 Å². The molecule has 3 rings (SSSR count). The number of piperidine rings is 1. The number of rotatable bonds is 1. The predicted molar refractivity (Wildman–Crippen MR) is 79.2 cm³/mol. The molecule has 2 aliphatic heterocycles. The highest BCUT2D eigenvalue weighted by molar-refractivity contribution is 6.02. The van der Waals surface area contributed by atoms with Gasteiger partial charge in [-0.15, -0.1) is 0 Å². The van der Waals surface area contributed by atoms with Crippen LogP contribution in [0.25, 0.3) is 0 Å². The van der Waals surface area contributed by atoms with Gasteiger partial charge in [0, 0.05) is 26.2 Å². The lowest BCUT2D eigenvalue weighted by atomic mass is 9.93. The lowest BCUT2D eigenvalue weighted by Gasteiger charge is -2.36. The van der Waals surface area contributed by atoms with Crippen molar-refractivity contribution in [2.24, 2.45) is 0 Å². The van der Waals surface area contributed by atoms with Gasteiger partial charge in [-0.2, -0.15) is 0 Å². The molecule has 2 aliphatic rings. The van der Waals surface area contributed by atoms with Crippen molar-refractivity contribution < 1.29 is 9.90 Å². The SMILES string of the molecule is CC1(O)CCN(C(=O)c2cccc3c2NCCN3)CC1. The summed E-state index contributed by atoms with van der Waals surface area (Å²) in [5.74, 6) is 0.0496. The van der Waals surface area contributed by atoms with Gasteiger partial charge in [-0.25, -0.2) is 0 Å². The van der Waals surface area contributed by atoms with E-state index in [-0.39, 0.29) is 5.91 Å². The van der Waals surface area contributed by atoms with Crippen LogP contribution in [0.15, 0.2) is 18.2 Å². The lowest BCUT2D eigenvalue weighted by molar-refractivity contribution is -0.00199. The van der Waals surface area contributed by atoms with E-state index < -0.39 is 5.60 Å². The minimum Gasteiger partial charge on any atom is -0.390 e. The molecule has 0 spiro atoms. The number of hydrogen-bond donors (Lipinski definition) is 3. The van der Waals surface area contributed by atoms with Crippen molar-refractivity contribution >= 4 is 17.3 Å². The second-order valence-electron chi connectivity index (χ2n) is 5.87. The zero-order valence-electron chi connectivity index (χ0n) is 11.8. The van der Waals surface area contributed by atoms with Gasteiger partial charge >= 0.3 is 0 Å². The van der Waals surface area contributed by atoms with Crippen molar-refractivity contribution in [2.75, 3.05) is 36.8 Å². The molecule has 108 valence electrons. The first-order valence-corrected chi connectivity index (χ1v) is 7.19.